The quantitative estimate of drug-likeness (QED) is 0.507. The Labute approximate surface area is 89.6 Å². The molecule has 0 aromatic carbocycles. The number of carbonyl (C=O) groups is 1. The largest absolute Gasteiger partial charge is 0.469 e. The smallest absolute Gasteiger partial charge is 0.317 e. The van der Waals surface area contributed by atoms with Crippen LogP contribution in [0.25, 0.3) is 0 Å². The average molecular weight is 218 g/mol. The van der Waals surface area contributed by atoms with Gasteiger partial charge in [0.25, 0.3) is 5.97 Å². The number of ether oxygens (including phenoxy) is 4. The molecule has 1 heterocycles. The topological polar surface area (TPSA) is 54.0 Å². The van der Waals surface area contributed by atoms with Gasteiger partial charge < -0.3 is 18.9 Å². The van der Waals surface area contributed by atoms with E-state index in [2.05, 4.69) is 0 Å². The first-order valence-electron chi connectivity index (χ1n) is 5.19. The van der Waals surface area contributed by atoms with Gasteiger partial charge in [0.05, 0.1) is 13.7 Å². The Hall–Kier alpha value is -0.650. The Bertz CT molecular complexity index is 210. The van der Waals surface area contributed by atoms with E-state index in [1.807, 2.05) is 13.8 Å². The summed E-state index contributed by atoms with van der Waals surface area (Å²) in [6.07, 6.45) is 0.562. The van der Waals surface area contributed by atoms with Gasteiger partial charge in [-0.05, 0) is 20.3 Å². The summed E-state index contributed by atoms with van der Waals surface area (Å²) in [5.41, 5.74) is 0. The Morgan fingerprint density at radius 2 is 2.00 bits per heavy atom. The van der Waals surface area contributed by atoms with Crippen molar-refractivity contribution in [2.45, 2.75) is 26.2 Å². The molecule has 0 aliphatic carbocycles. The summed E-state index contributed by atoms with van der Waals surface area (Å²) in [6.45, 7) is 4.95. The minimum absolute atomic E-state index is 0.352. The van der Waals surface area contributed by atoms with Crippen LogP contribution in [0.5, 0.6) is 0 Å². The molecule has 1 aliphatic heterocycles. The van der Waals surface area contributed by atoms with Crippen LogP contribution in [0.3, 0.4) is 0 Å². The molecule has 1 saturated heterocycles. The van der Waals surface area contributed by atoms with E-state index in [0.717, 1.165) is 0 Å². The first-order valence-corrected chi connectivity index (χ1v) is 5.19. The highest BCUT2D eigenvalue weighted by Gasteiger charge is 2.51. The summed E-state index contributed by atoms with van der Waals surface area (Å²) in [5, 5.41) is 0. The van der Waals surface area contributed by atoms with Gasteiger partial charge in [0.2, 0.25) is 0 Å². The Balaban J connectivity index is 2.78. The lowest BCUT2D eigenvalue weighted by atomic mass is 10.1. The van der Waals surface area contributed by atoms with Gasteiger partial charge in [0.15, 0.2) is 0 Å². The second-order valence-electron chi connectivity index (χ2n) is 3.18. The summed E-state index contributed by atoms with van der Waals surface area (Å²) in [6, 6.07) is 0. The van der Waals surface area contributed by atoms with Crippen LogP contribution in [0.4, 0.5) is 0 Å². The molecule has 88 valence electrons. The first-order chi connectivity index (χ1) is 7.20. The van der Waals surface area contributed by atoms with E-state index in [1.165, 1.54) is 7.11 Å². The highest BCUT2D eigenvalue weighted by molar-refractivity contribution is 5.73. The number of esters is 1. The third-order valence-corrected chi connectivity index (χ3v) is 2.31. The molecule has 1 aliphatic rings. The van der Waals surface area contributed by atoms with Crippen molar-refractivity contribution in [3.63, 3.8) is 0 Å². The molecule has 0 bridgehead atoms. The summed E-state index contributed by atoms with van der Waals surface area (Å²) in [4.78, 5) is 11.5. The minimum atomic E-state index is -1.24. The monoisotopic (exact) mass is 218 g/mol. The Kier molecular flexibility index (Phi) is 4.50. The van der Waals surface area contributed by atoms with Gasteiger partial charge >= 0.3 is 5.97 Å². The van der Waals surface area contributed by atoms with Crippen LogP contribution < -0.4 is 0 Å². The van der Waals surface area contributed by atoms with Crippen LogP contribution in [0.15, 0.2) is 0 Å². The van der Waals surface area contributed by atoms with Crippen molar-refractivity contribution in [2.75, 3.05) is 26.9 Å². The zero-order valence-corrected chi connectivity index (χ0v) is 9.45. The van der Waals surface area contributed by atoms with Crippen molar-refractivity contribution in [1.82, 2.24) is 0 Å². The molecular weight excluding hydrogens is 200 g/mol. The molecule has 1 atom stereocenters. The molecule has 0 spiro atoms. The normalized spacial score (nSPS) is 24.1. The van der Waals surface area contributed by atoms with Gasteiger partial charge in [-0.3, -0.25) is 4.79 Å². The van der Waals surface area contributed by atoms with Crippen molar-refractivity contribution in [2.24, 2.45) is 5.92 Å². The third-order valence-electron chi connectivity index (χ3n) is 2.31. The molecule has 0 aromatic rings. The van der Waals surface area contributed by atoms with Crippen LogP contribution in [0.2, 0.25) is 0 Å². The lowest BCUT2D eigenvalue weighted by molar-refractivity contribution is -0.373. The van der Waals surface area contributed by atoms with Crippen molar-refractivity contribution in [1.29, 1.82) is 0 Å². The van der Waals surface area contributed by atoms with Gasteiger partial charge in [-0.25, -0.2) is 0 Å². The summed E-state index contributed by atoms with van der Waals surface area (Å²) in [7, 11) is 1.35. The molecule has 1 unspecified atom stereocenters. The standard InChI is InChI=1S/C10H18O5/c1-4-13-10(14-5-2)8(6-7-15-10)9(11)12-3/h8H,4-7H2,1-3H3. The maximum atomic E-state index is 11.5. The van der Waals surface area contributed by atoms with E-state index in [4.69, 9.17) is 18.9 Å². The predicted octanol–water partition coefficient (Wildman–Crippen LogP) is 0.923. The van der Waals surface area contributed by atoms with Crippen LogP contribution in [0.1, 0.15) is 20.3 Å². The SMILES string of the molecule is CCOC1(OCC)OCCC1C(=O)OC. The number of hydrogen-bond acceptors (Lipinski definition) is 5. The first kappa shape index (κ1) is 12.4. The summed E-state index contributed by atoms with van der Waals surface area (Å²) < 4.78 is 21.0. The lowest BCUT2D eigenvalue weighted by Crippen LogP contribution is -2.45. The van der Waals surface area contributed by atoms with Gasteiger partial charge in [0, 0.05) is 13.2 Å². The minimum Gasteiger partial charge on any atom is -0.469 e. The van der Waals surface area contributed by atoms with Crippen molar-refractivity contribution < 1.29 is 23.7 Å². The maximum Gasteiger partial charge on any atom is 0.317 e. The highest BCUT2D eigenvalue weighted by atomic mass is 16.9. The molecule has 0 aromatic heterocycles. The molecule has 0 radical (unpaired) electrons. The fourth-order valence-corrected chi connectivity index (χ4v) is 1.73. The Morgan fingerprint density at radius 1 is 1.40 bits per heavy atom. The van der Waals surface area contributed by atoms with E-state index < -0.39 is 11.9 Å². The fourth-order valence-electron chi connectivity index (χ4n) is 1.73. The second-order valence-corrected chi connectivity index (χ2v) is 3.18. The van der Waals surface area contributed by atoms with Crippen LogP contribution in [-0.4, -0.2) is 38.9 Å². The highest BCUT2D eigenvalue weighted by Crippen LogP contribution is 2.35. The van der Waals surface area contributed by atoms with E-state index >= 15 is 0 Å². The second kappa shape index (κ2) is 5.44. The molecule has 15 heavy (non-hydrogen) atoms. The molecule has 1 fully saturated rings. The Morgan fingerprint density at radius 3 is 2.47 bits per heavy atom. The fraction of sp³-hybridized carbons (Fsp3) is 0.900. The van der Waals surface area contributed by atoms with Crippen LogP contribution in [-0.2, 0) is 23.7 Å². The summed E-state index contributed by atoms with van der Waals surface area (Å²) in [5.74, 6) is -2.09. The van der Waals surface area contributed by atoms with Gasteiger partial charge in [-0.15, -0.1) is 0 Å². The zero-order valence-electron chi connectivity index (χ0n) is 9.45. The molecular formula is C10H18O5. The average Bonchev–Trinajstić information content (AvgIpc) is 2.62. The number of methoxy groups -OCH3 is 1. The van der Waals surface area contributed by atoms with Gasteiger partial charge in [-0.2, -0.15) is 0 Å². The van der Waals surface area contributed by atoms with Gasteiger partial charge in [0.1, 0.15) is 5.92 Å². The van der Waals surface area contributed by atoms with Crippen molar-refractivity contribution >= 4 is 5.97 Å². The zero-order chi connectivity index (χ0) is 11.3. The maximum absolute atomic E-state index is 11.5. The van der Waals surface area contributed by atoms with E-state index in [1.54, 1.807) is 0 Å². The molecule has 1 rings (SSSR count). The van der Waals surface area contributed by atoms with Crippen molar-refractivity contribution in [3.8, 4) is 0 Å². The van der Waals surface area contributed by atoms with E-state index in [0.29, 0.717) is 26.2 Å². The van der Waals surface area contributed by atoms with Crippen molar-refractivity contribution in [3.05, 3.63) is 0 Å². The third kappa shape index (κ3) is 2.48. The van der Waals surface area contributed by atoms with Crippen LogP contribution >= 0.6 is 0 Å². The molecule has 5 heteroatoms. The molecule has 0 N–H and O–H groups in total. The van der Waals surface area contributed by atoms with Crippen LogP contribution in [0, 0.1) is 5.92 Å². The van der Waals surface area contributed by atoms with E-state index in [-0.39, 0.29) is 5.97 Å². The number of carbonyl (C=O) groups excluding carboxylic acids is 1. The number of rotatable bonds is 5. The van der Waals surface area contributed by atoms with Gasteiger partial charge in [-0.1, -0.05) is 0 Å². The molecule has 0 amide bonds. The predicted molar refractivity (Wildman–Crippen MR) is 52.1 cm³/mol. The molecule has 5 nitrogen and oxygen atoms in total. The van der Waals surface area contributed by atoms with E-state index in [9.17, 15) is 4.79 Å². The lowest BCUT2D eigenvalue weighted by Gasteiger charge is -2.31. The summed E-state index contributed by atoms with van der Waals surface area (Å²) >= 11 is 0. The molecule has 0 saturated carbocycles. The number of hydrogen-bond donors (Lipinski definition) is 0.